The molecule has 0 aromatic heterocycles. The van der Waals surface area contributed by atoms with Crippen molar-refractivity contribution in [3.8, 4) is 0 Å². The highest BCUT2D eigenvalue weighted by atomic mass is 16.6. The Labute approximate surface area is 173 Å². The van der Waals surface area contributed by atoms with Gasteiger partial charge in [-0.15, -0.1) is 0 Å². The van der Waals surface area contributed by atoms with Crippen LogP contribution in [0.1, 0.15) is 37.9 Å². The van der Waals surface area contributed by atoms with Crippen LogP contribution in [0.15, 0.2) is 60.7 Å². The van der Waals surface area contributed by atoms with Gasteiger partial charge in [-0.2, -0.15) is 0 Å². The van der Waals surface area contributed by atoms with Crippen LogP contribution in [0, 0.1) is 0 Å². The van der Waals surface area contributed by atoms with E-state index >= 15 is 0 Å². The number of carbonyl (C=O) groups excluding carboxylic acids is 1. The molecule has 0 radical (unpaired) electrons. The molecule has 1 aliphatic rings. The molecule has 5 nitrogen and oxygen atoms in total. The number of benzene rings is 2. The molecule has 2 aromatic carbocycles. The van der Waals surface area contributed by atoms with Gasteiger partial charge in [0.2, 0.25) is 0 Å². The van der Waals surface area contributed by atoms with Crippen molar-refractivity contribution in [2.45, 2.75) is 44.4 Å². The van der Waals surface area contributed by atoms with Crippen molar-refractivity contribution in [2.75, 3.05) is 27.1 Å². The van der Waals surface area contributed by atoms with E-state index in [-0.39, 0.29) is 18.6 Å². The van der Waals surface area contributed by atoms with Gasteiger partial charge >= 0.3 is 5.97 Å². The van der Waals surface area contributed by atoms with E-state index in [1.165, 1.54) is 0 Å². The molecule has 5 heteroatoms. The normalized spacial score (nSPS) is 21.1. The predicted octanol–water partition coefficient (Wildman–Crippen LogP) is 3.99. The number of nitrogens with zero attached hydrogens (tertiary/aromatic N) is 1. The van der Waals surface area contributed by atoms with Crippen LogP contribution in [-0.2, 0) is 25.4 Å². The highest BCUT2D eigenvalue weighted by Crippen LogP contribution is 2.37. The summed E-state index contributed by atoms with van der Waals surface area (Å²) in [5.41, 5.74) is 0.644. The molecule has 0 N–H and O–H groups in total. The van der Waals surface area contributed by atoms with E-state index in [4.69, 9.17) is 14.2 Å². The maximum atomic E-state index is 13.6. The highest BCUT2D eigenvalue weighted by molar-refractivity contribution is 5.82. The Balaban J connectivity index is 2.03. The van der Waals surface area contributed by atoms with Crippen molar-refractivity contribution in [1.29, 1.82) is 0 Å². The summed E-state index contributed by atoms with van der Waals surface area (Å²) in [5, 5.41) is 0. The second kappa shape index (κ2) is 9.08. The first kappa shape index (κ1) is 21.5. The van der Waals surface area contributed by atoms with Gasteiger partial charge in [-0.25, -0.2) is 4.79 Å². The molecule has 0 amide bonds. The SMILES string of the molecule is COC[C@@H](c1ccccc1)N1COC[C@]1(Cc1ccccc1)C(=O)OC(C)(C)C. The molecule has 3 rings (SSSR count). The molecule has 1 aliphatic heterocycles. The first-order chi connectivity index (χ1) is 13.9. The third-order valence-corrected chi connectivity index (χ3v) is 5.12. The van der Waals surface area contributed by atoms with Crippen LogP contribution in [0.25, 0.3) is 0 Å². The Hall–Kier alpha value is -2.21. The fraction of sp³-hybridized carbons (Fsp3) is 0.458. The van der Waals surface area contributed by atoms with Crippen LogP contribution in [0.5, 0.6) is 0 Å². The standard InChI is InChI=1S/C24H31NO4/c1-23(2,3)29-22(26)24(15-19-11-7-5-8-12-19)17-28-18-25(24)21(16-27-4)20-13-9-6-10-14-20/h5-14,21H,15-18H2,1-4H3/t21-,24+/m0/s1. The van der Waals surface area contributed by atoms with Crippen LogP contribution in [0.3, 0.4) is 0 Å². The monoisotopic (exact) mass is 397 g/mol. The second-order valence-corrected chi connectivity index (χ2v) is 8.53. The van der Waals surface area contributed by atoms with E-state index in [2.05, 4.69) is 17.0 Å². The number of hydrogen-bond donors (Lipinski definition) is 0. The lowest BCUT2D eigenvalue weighted by atomic mass is 9.88. The number of methoxy groups -OCH3 is 1. The van der Waals surface area contributed by atoms with E-state index < -0.39 is 11.1 Å². The summed E-state index contributed by atoms with van der Waals surface area (Å²) in [4.78, 5) is 15.7. The molecular formula is C24H31NO4. The Morgan fingerprint density at radius 1 is 1.10 bits per heavy atom. The van der Waals surface area contributed by atoms with Gasteiger partial charge in [0.05, 0.1) is 19.3 Å². The van der Waals surface area contributed by atoms with Crippen molar-refractivity contribution in [2.24, 2.45) is 0 Å². The van der Waals surface area contributed by atoms with Crippen LogP contribution >= 0.6 is 0 Å². The Bertz CT molecular complexity index is 788. The smallest absolute Gasteiger partial charge is 0.329 e. The van der Waals surface area contributed by atoms with Crippen LogP contribution in [0.4, 0.5) is 0 Å². The topological polar surface area (TPSA) is 48.0 Å². The van der Waals surface area contributed by atoms with Crippen molar-refractivity contribution in [3.63, 3.8) is 0 Å². The van der Waals surface area contributed by atoms with Crippen molar-refractivity contribution in [1.82, 2.24) is 4.90 Å². The van der Waals surface area contributed by atoms with Gasteiger partial charge in [0.15, 0.2) is 0 Å². The molecule has 29 heavy (non-hydrogen) atoms. The number of rotatable bonds is 7. The summed E-state index contributed by atoms with van der Waals surface area (Å²) < 4.78 is 17.3. The molecule has 0 aliphatic carbocycles. The number of carbonyl (C=O) groups is 1. The Kier molecular flexibility index (Phi) is 6.73. The largest absolute Gasteiger partial charge is 0.459 e. The molecular weight excluding hydrogens is 366 g/mol. The van der Waals surface area contributed by atoms with Crippen LogP contribution in [-0.4, -0.2) is 49.1 Å². The lowest BCUT2D eigenvalue weighted by molar-refractivity contribution is -0.169. The summed E-state index contributed by atoms with van der Waals surface area (Å²) in [6, 6.07) is 20.0. The zero-order valence-corrected chi connectivity index (χ0v) is 17.8. The van der Waals surface area contributed by atoms with E-state index in [1.807, 2.05) is 69.3 Å². The quantitative estimate of drug-likeness (QED) is 0.661. The summed E-state index contributed by atoms with van der Waals surface area (Å²) in [5.74, 6) is -0.261. The molecule has 156 valence electrons. The molecule has 1 saturated heterocycles. The fourth-order valence-electron chi connectivity index (χ4n) is 3.81. The van der Waals surface area contributed by atoms with E-state index in [0.29, 0.717) is 19.8 Å². The molecule has 0 unspecified atom stereocenters. The summed E-state index contributed by atoms with van der Waals surface area (Å²) in [6.45, 7) is 6.76. The van der Waals surface area contributed by atoms with Gasteiger partial charge in [0.1, 0.15) is 17.9 Å². The van der Waals surface area contributed by atoms with Gasteiger partial charge in [-0.1, -0.05) is 60.7 Å². The fourth-order valence-corrected chi connectivity index (χ4v) is 3.81. The van der Waals surface area contributed by atoms with Crippen molar-refractivity contribution in [3.05, 3.63) is 71.8 Å². The molecule has 1 fully saturated rings. The van der Waals surface area contributed by atoms with E-state index in [0.717, 1.165) is 11.1 Å². The zero-order chi connectivity index (χ0) is 20.9. The molecule has 0 saturated carbocycles. The predicted molar refractivity (Wildman–Crippen MR) is 112 cm³/mol. The molecule has 2 atom stereocenters. The van der Waals surface area contributed by atoms with E-state index in [9.17, 15) is 4.79 Å². The maximum Gasteiger partial charge on any atom is 0.329 e. The summed E-state index contributed by atoms with van der Waals surface area (Å²) in [7, 11) is 1.68. The zero-order valence-electron chi connectivity index (χ0n) is 17.8. The average molecular weight is 398 g/mol. The summed E-state index contributed by atoms with van der Waals surface area (Å²) in [6.07, 6.45) is 0.510. The van der Waals surface area contributed by atoms with Crippen LogP contribution in [0.2, 0.25) is 0 Å². The highest BCUT2D eigenvalue weighted by Gasteiger charge is 2.53. The van der Waals surface area contributed by atoms with Crippen molar-refractivity contribution < 1.29 is 19.0 Å². The Morgan fingerprint density at radius 2 is 1.72 bits per heavy atom. The van der Waals surface area contributed by atoms with Gasteiger partial charge < -0.3 is 14.2 Å². The summed E-state index contributed by atoms with van der Waals surface area (Å²) >= 11 is 0. The third-order valence-electron chi connectivity index (χ3n) is 5.12. The van der Waals surface area contributed by atoms with Gasteiger partial charge in [-0.05, 0) is 31.9 Å². The first-order valence-electron chi connectivity index (χ1n) is 10.0. The maximum absolute atomic E-state index is 13.6. The number of esters is 1. The molecule has 0 bridgehead atoms. The van der Waals surface area contributed by atoms with Crippen LogP contribution < -0.4 is 0 Å². The number of ether oxygens (including phenoxy) is 3. The second-order valence-electron chi connectivity index (χ2n) is 8.53. The van der Waals surface area contributed by atoms with Gasteiger partial charge in [-0.3, -0.25) is 4.90 Å². The lowest BCUT2D eigenvalue weighted by Crippen LogP contribution is -2.58. The first-order valence-corrected chi connectivity index (χ1v) is 10.0. The lowest BCUT2D eigenvalue weighted by Gasteiger charge is -2.41. The third kappa shape index (κ3) is 5.04. The molecule has 1 heterocycles. The average Bonchev–Trinajstić information content (AvgIpc) is 3.11. The molecule has 0 spiro atoms. The minimum absolute atomic E-state index is 0.125. The molecule has 2 aromatic rings. The van der Waals surface area contributed by atoms with E-state index in [1.54, 1.807) is 7.11 Å². The number of hydrogen-bond acceptors (Lipinski definition) is 5. The minimum atomic E-state index is -0.923. The minimum Gasteiger partial charge on any atom is -0.459 e. The van der Waals surface area contributed by atoms with Crippen molar-refractivity contribution >= 4 is 5.97 Å². The van der Waals surface area contributed by atoms with Gasteiger partial charge in [0, 0.05) is 13.5 Å². The van der Waals surface area contributed by atoms with Gasteiger partial charge in [0.25, 0.3) is 0 Å². The Morgan fingerprint density at radius 3 is 2.31 bits per heavy atom.